The van der Waals surface area contributed by atoms with E-state index < -0.39 is 5.97 Å². The van der Waals surface area contributed by atoms with Gasteiger partial charge in [-0.25, -0.2) is 0 Å². The number of likely N-dealkylation sites (tertiary alicyclic amines) is 1. The number of aliphatic hydroxyl groups excluding tert-OH is 1. The second kappa shape index (κ2) is 4.42. The van der Waals surface area contributed by atoms with Crippen molar-refractivity contribution in [2.75, 3.05) is 19.6 Å². The number of nitrogens with zero attached hydrogens (tertiary/aromatic N) is 1. The second-order valence-corrected chi connectivity index (χ2v) is 3.05. The lowest BCUT2D eigenvalue weighted by atomic mass is 10.1. The number of piperidine rings is 1. The molecule has 69 valence electrons. The van der Waals surface area contributed by atoms with Crippen LogP contribution in [0.2, 0.25) is 0 Å². The lowest BCUT2D eigenvalue weighted by Gasteiger charge is -2.28. The molecule has 1 fully saturated rings. The summed E-state index contributed by atoms with van der Waals surface area (Å²) in [5.74, 6) is -0.756. The van der Waals surface area contributed by atoms with Crippen LogP contribution in [-0.4, -0.2) is 40.7 Å². The van der Waals surface area contributed by atoms with Crippen molar-refractivity contribution in [1.82, 2.24) is 4.90 Å². The Labute approximate surface area is 71.8 Å². The van der Waals surface area contributed by atoms with Gasteiger partial charge in [-0.2, -0.15) is 0 Å². The number of carboxylic acid groups (broad SMARTS) is 1. The van der Waals surface area contributed by atoms with E-state index in [0.717, 1.165) is 13.1 Å². The Morgan fingerprint density at radius 1 is 1.42 bits per heavy atom. The van der Waals surface area contributed by atoms with E-state index in [9.17, 15) is 4.79 Å². The minimum Gasteiger partial charge on any atom is -0.481 e. The molecule has 1 aliphatic rings. The molecule has 0 bridgehead atoms. The van der Waals surface area contributed by atoms with E-state index in [1.807, 2.05) is 0 Å². The molecule has 1 rings (SSSR count). The first-order valence-electron chi connectivity index (χ1n) is 4.16. The standard InChI is InChI=1S/C8H14NO3/c10-7-1-4-9(5-2-7)6-3-8(11)12/h10H,1-6H2,(H,11,12). The molecule has 0 aliphatic carbocycles. The number of hydrogen-bond acceptors (Lipinski definition) is 3. The molecule has 0 unspecified atom stereocenters. The van der Waals surface area contributed by atoms with Crippen LogP contribution in [0.5, 0.6) is 0 Å². The Kier molecular flexibility index (Phi) is 3.49. The Bertz CT molecular complexity index is 152. The van der Waals surface area contributed by atoms with Gasteiger partial charge < -0.3 is 15.1 Å². The Morgan fingerprint density at radius 3 is 2.50 bits per heavy atom. The van der Waals surface area contributed by atoms with Crippen LogP contribution in [-0.2, 0) is 4.79 Å². The van der Waals surface area contributed by atoms with E-state index in [0.29, 0.717) is 25.5 Å². The average molecular weight is 172 g/mol. The van der Waals surface area contributed by atoms with Gasteiger partial charge in [0.05, 0.1) is 12.5 Å². The largest absolute Gasteiger partial charge is 0.481 e. The Hall–Kier alpha value is -0.610. The second-order valence-electron chi connectivity index (χ2n) is 3.05. The predicted molar refractivity (Wildman–Crippen MR) is 43.1 cm³/mol. The molecule has 1 heterocycles. The van der Waals surface area contributed by atoms with E-state index in [-0.39, 0.29) is 6.42 Å². The summed E-state index contributed by atoms with van der Waals surface area (Å²) in [4.78, 5) is 12.3. The first kappa shape index (κ1) is 9.48. The van der Waals surface area contributed by atoms with Crippen molar-refractivity contribution >= 4 is 5.97 Å². The maximum absolute atomic E-state index is 10.2. The first-order valence-corrected chi connectivity index (χ1v) is 4.16. The Morgan fingerprint density at radius 2 is 2.00 bits per heavy atom. The van der Waals surface area contributed by atoms with Crippen LogP contribution in [0.15, 0.2) is 0 Å². The van der Waals surface area contributed by atoms with E-state index >= 15 is 0 Å². The van der Waals surface area contributed by atoms with Gasteiger partial charge in [0.2, 0.25) is 0 Å². The van der Waals surface area contributed by atoms with Gasteiger partial charge in [0.1, 0.15) is 0 Å². The molecule has 1 saturated heterocycles. The fourth-order valence-corrected chi connectivity index (χ4v) is 1.29. The SMILES string of the molecule is O=C(O)CCN1CC[C](O)CC1. The topological polar surface area (TPSA) is 60.8 Å². The maximum Gasteiger partial charge on any atom is 0.304 e. The summed E-state index contributed by atoms with van der Waals surface area (Å²) in [7, 11) is 0. The van der Waals surface area contributed by atoms with Crippen molar-refractivity contribution in [2.24, 2.45) is 0 Å². The number of carbonyl (C=O) groups is 1. The third kappa shape index (κ3) is 3.19. The number of carboxylic acids is 1. The molecule has 2 N–H and O–H groups in total. The van der Waals surface area contributed by atoms with Gasteiger partial charge in [0.15, 0.2) is 0 Å². The van der Waals surface area contributed by atoms with Crippen molar-refractivity contribution in [1.29, 1.82) is 0 Å². The molecule has 0 aromatic rings. The summed E-state index contributed by atoms with van der Waals surface area (Å²) >= 11 is 0. The van der Waals surface area contributed by atoms with Gasteiger partial charge >= 0.3 is 5.97 Å². The zero-order valence-corrected chi connectivity index (χ0v) is 6.99. The van der Waals surface area contributed by atoms with Crippen LogP contribution in [0.4, 0.5) is 0 Å². The molecule has 4 heteroatoms. The Balaban J connectivity index is 2.13. The number of aliphatic carboxylic acids is 1. The summed E-state index contributed by atoms with van der Waals surface area (Å²) < 4.78 is 0. The maximum atomic E-state index is 10.2. The highest BCUT2D eigenvalue weighted by Crippen LogP contribution is 2.15. The monoisotopic (exact) mass is 172 g/mol. The molecule has 1 aliphatic heterocycles. The third-order valence-corrected chi connectivity index (χ3v) is 2.08. The average Bonchev–Trinajstić information content (AvgIpc) is 2.03. The summed E-state index contributed by atoms with van der Waals surface area (Å²) in [5.41, 5.74) is 0. The van der Waals surface area contributed by atoms with Crippen LogP contribution >= 0.6 is 0 Å². The van der Waals surface area contributed by atoms with Gasteiger partial charge in [-0.15, -0.1) is 0 Å². The molecule has 0 saturated carbocycles. The lowest BCUT2D eigenvalue weighted by molar-refractivity contribution is -0.137. The summed E-state index contributed by atoms with van der Waals surface area (Å²) in [6.45, 7) is 2.18. The minimum absolute atomic E-state index is 0.195. The highest BCUT2D eigenvalue weighted by atomic mass is 16.4. The molecule has 0 spiro atoms. The van der Waals surface area contributed by atoms with Gasteiger partial charge in [0, 0.05) is 19.6 Å². The van der Waals surface area contributed by atoms with Crippen LogP contribution in [0.3, 0.4) is 0 Å². The highest BCUT2D eigenvalue weighted by molar-refractivity contribution is 5.66. The van der Waals surface area contributed by atoms with Crippen molar-refractivity contribution in [3.63, 3.8) is 0 Å². The smallest absolute Gasteiger partial charge is 0.304 e. The number of hydrogen-bond donors (Lipinski definition) is 2. The molecule has 0 aromatic heterocycles. The molecule has 1 radical (unpaired) electrons. The summed E-state index contributed by atoms with van der Waals surface area (Å²) in [5, 5.41) is 17.5. The fraction of sp³-hybridized carbons (Fsp3) is 0.750. The van der Waals surface area contributed by atoms with Gasteiger partial charge in [-0.3, -0.25) is 4.79 Å². The van der Waals surface area contributed by atoms with Gasteiger partial charge in [-0.1, -0.05) is 0 Å². The third-order valence-electron chi connectivity index (χ3n) is 2.08. The van der Waals surface area contributed by atoms with Crippen molar-refractivity contribution in [2.45, 2.75) is 19.3 Å². The number of rotatable bonds is 3. The fourth-order valence-electron chi connectivity index (χ4n) is 1.29. The first-order chi connectivity index (χ1) is 5.68. The van der Waals surface area contributed by atoms with Gasteiger partial charge in [0.25, 0.3) is 0 Å². The van der Waals surface area contributed by atoms with Crippen LogP contribution in [0, 0.1) is 6.10 Å². The molecule has 0 atom stereocenters. The quantitative estimate of drug-likeness (QED) is 0.649. The molecule has 12 heavy (non-hydrogen) atoms. The van der Waals surface area contributed by atoms with Crippen LogP contribution in [0.1, 0.15) is 19.3 Å². The molecule has 0 aromatic carbocycles. The van der Waals surface area contributed by atoms with Crippen LogP contribution in [0.25, 0.3) is 0 Å². The van der Waals surface area contributed by atoms with Crippen molar-refractivity contribution in [3.05, 3.63) is 6.10 Å². The zero-order chi connectivity index (χ0) is 8.97. The van der Waals surface area contributed by atoms with Crippen molar-refractivity contribution < 1.29 is 15.0 Å². The van der Waals surface area contributed by atoms with Crippen molar-refractivity contribution in [3.8, 4) is 0 Å². The van der Waals surface area contributed by atoms with E-state index in [1.54, 1.807) is 0 Å². The lowest BCUT2D eigenvalue weighted by Crippen LogP contribution is -2.34. The number of aliphatic hydroxyl groups is 1. The molecular weight excluding hydrogens is 158 g/mol. The highest BCUT2D eigenvalue weighted by Gasteiger charge is 2.17. The molecular formula is C8H14NO3. The zero-order valence-electron chi connectivity index (χ0n) is 6.99. The minimum atomic E-state index is -0.756. The predicted octanol–water partition coefficient (Wildman–Crippen LogP) is 0.461. The van der Waals surface area contributed by atoms with Crippen LogP contribution < -0.4 is 0 Å². The van der Waals surface area contributed by atoms with Gasteiger partial charge in [-0.05, 0) is 12.8 Å². The molecule has 4 nitrogen and oxygen atoms in total. The molecule has 0 amide bonds. The normalized spacial score (nSPS) is 21.1. The van der Waals surface area contributed by atoms with E-state index in [2.05, 4.69) is 4.90 Å². The summed E-state index contributed by atoms with van der Waals surface area (Å²) in [6.07, 6.45) is 2.13. The van der Waals surface area contributed by atoms with E-state index in [4.69, 9.17) is 10.2 Å². The van der Waals surface area contributed by atoms with E-state index in [1.165, 1.54) is 0 Å². The summed E-state index contributed by atoms with van der Waals surface area (Å²) in [6, 6.07) is 0.